The Hall–Kier alpha value is -0.120. The van der Waals surface area contributed by atoms with E-state index in [1.54, 1.807) is 0 Å². The van der Waals surface area contributed by atoms with E-state index in [-0.39, 0.29) is 18.3 Å². The molecule has 3 N–H and O–H groups in total. The van der Waals surface area contributed by atoms with Gasteiger partial charge in [-0.15, -0.1) is 0 Å². The first-order chi connectivity index (χ1) is 15.3. The van der Waals surface area contributed by atoms with Crippen molar-refractivity contribution in [3.05, 3.63) is 0 Å². The summed E-state index contributed by atoms with van der Waals surface area (Å²) in [6, 6.07) is 0. The standard InChI is InChI=1S/3C10H20O/c3*1-7(2)9-5-4-8(3)6-10(9)11/h3*7-11H,4-6H2,1-3H3/t2*8-,9+,10-;/m11./s1. The zero-order chi connectivity index (χ0) is 25.3. The highest BCUT2D eigenvalue weighted by molar-refractivity contribution is 4.81. The van der Waals surface area contributed by atoms with Crippen molar-refractivity contribution in [2.75, 3.05) is 0 Å². The Bertz CT molecular complexity index is 431. The van der Waals surface area contributed by atoms with E-state index in [0.29, 0.717) is 35.5 Å². The van der Waals surface area contributed by atoms with Gasteiger partial charge in [-0.25, -0.2) is 0 Å². The predicted octanol–water partition coefficient (Wildman–Crippen LogP) is 7.32. The lowest BCUT2D eigenvalue weighted by Gasteiger charge is -2.33. The molecule has 0 aromatic heterocycles. The van der Waals surface area contributed by atoms with E-state index in [1.165, 1.54) is 38.5 Å². The minimum Gasteiger partial charge on any atom is -0.393 e. The highest BCUT2D eigenvalue weighted by atomic mass is 16.3. The molecular formula is C30H60O3. The molecule has 3 heteroatoms. The fraction of sp³-hybridized carbons (Fsp3) is 1.00. The Morgan fingerprint density at radius 2 is 0.636 bits per heavy atom. The third-order valence-corrected chi connectivity index (χ3v) is 8.96. The third-order valence-electron chi connectivity index (χ3n) is 8.96. The van der Waals surface area contributed by atoms with Crippen LogP contribution in [0, 0.1) is 53.3 Å². The van der Waals surface area contributed by atoms with E-state index in [4.69, 9.17) is 0 Å². The lowest BCUT2D eigenvalue weighted by atomic mass is 9.75. The topological polar surface area (TPSA) is 60.7 Å². The second kappa shape index (κ2) is 15.1. The van der Waals surface area contributed by atoms with Crippen molar-refractivity contribution >= 4 is 0 Å². The minimum atomic E-state index is -0.0289. The molecule has 3 rings (SSSR count). The molecule has 0 heterocycles. The molecule has 3 aliphatic carbocycles. The lowest BCUT2D eigenvalue weighted by Crippen LogP contribution is -2.31. The lowest BCUT2D eigenvalue weighted by molar-refractivity contribution is 0.0263. The van der Waals surface area contributed by atoms with Crippen LogP contribution in [0.15, 0.2) is 0 Å². The Labute approximate surface area is 207 Å². The molecule has 0 radical (unpaired) electrons. The molecule has 3 nitrogen and oxygen atoms in total. The van der Waals surface area contributed by atoms with Crippen LogP contribution in [-0.2, 0) is 0 Å². The maximum Gasteiger partial charge on any atom is 0.0573 e. The number of hydrogen-bond donors (Lipinski definition) is 3. The number of aliphatic hydroxyl groups is 3. The average molecular weight is 469 g/mol. The maximum atomic E-state index is 9.71. The van der Waals surface area contributed by atoms with E-state index >= 15 is 0 Å². The molecule has 198 valence electrons. The highest BCUT2D eigenvalue weighted by Crippen LogP contribution is 2.34. The van der Waals surface area contributed by atoms with Gasteiger partial charge in [0.15, 0.2) is 0 Å². The summed E-state index contributed by atoms with van der Waals surface area (Å²) in [6.45, 7) is 20.0. The van der Waals surface area contributed by atoms with Gasteiger partial charge in [-0.3, -0.25) is 0 Å². The van der Waals surface area contributed by atoms with Crippen molar-refractivity contribution in [1.82, 2.24) is 0 Å². The van der Waals surface area contributed by atoms with Gasteiger partial charge in [-0.2, -0.15) is 0 Å². The Morgan fingerprint density at radius 1 is 0.424 bits per heavy atom. The SMILES string of the molecule is CC(C)[C@@H]1CC[C@@H](C)C[C@H]1O.CC(C)[C@@H]1CC[C@@H](C)C[C@H]1O.CC1CCC(C(C)C)C(O)C1. The molecule has 3 saturated carbocycles. The molecule has 0 amide bonds. The van der Waals surface area contributed by atoms with Gasteiger partial charge in [0, 0.05) is 0 Å². The first-order valence-corrected chi connectivity index (χ1v) is 14.4. The second-order valence-electron chi connectivity index (χ2n) is 13.2. The normalized spacial score (nSPS) is 39.5. The van der Waals surface area contributed by atoms with Gasteiger partial charge in [0.1, 0.15) is 0 Å². The molecule has 3 unspecified atom stereocenters. The molecule has 0 aliphatic heterocycles. The third kappa shape index (κ3) is 11.0. The number of rotatable bonds is 3. The van der Waals surface area contributed by atoms with Crippen LogP contribution in [0.25, 0.3) is 0 Å². The van der Waals surface area contributed by atoms with Gasteiger partial charge in [-0.05, 0) is 91.8 Å². The highest BCUT2D eigenvalue weighted by Gasteiger charge is 2.30. The average Bonchev–Trinajstić information content (AvgIpc) is 2.68. The van der Waals surface area contributed by atoms with Crippen molar-refractivity contribution in [2.45, 2.75) is 138 Å². The van der Waals surface area contributed by atoms with E-state index in [0.717, 1.165) is 37.0 Å². The Kier molecular flexibility index (Phi) is 14.1. The first kappa shape index (κ1) is 30.9. The van der Waals surface area contributed by atoms with Crippen LogP contribution < -0.4 is 0 Å². The van der Waals surface area contributed by atoms with Crippen LogP contribution in [0.2, 0.25) is 0 Å². The van der Waals surface area contributed by atoms with Gasteiger partial charge in [0.25, 0.3) is 0 Å². The van der Waals surface area contributed by atoms with Crippen molar-refractivity contribution in [3.63, 3.8) is 0 Å². The number of hydrogen-bond acceptors (Lipinski definition) is 3. The van der Waals surface area contributed by atoms with Crippen molar-refractivity contribution in [2.24, 2.45) is 53.3 Å². The molecule has 33 heavy (non-hydrogen) atoms. The zero-order valence-electron chi connectivity index (χ0n) is 23.6. The molecule has 9 atom stereocenters. The van der Waals surface area contributed by atoms with Crippen LogP contribution in [-0.4, -0.2) is 33.6 Å². The Morgan fingerprint density at radius 3 is 0.788 bits per heavy atom. The van der Waals surface area contributed by atoms with Gasteiger partial charge < -0.3 is 15.3 Å². The van der Waals surface area contributed by atoms with E-state index in [9.17, 15) is 15.3 Å². The van der Waals surface area contributed by atoms with Crippen molar-refractivity contribution < 1.29 is 15.3 Å². The fourth-order valence-corrected chi connectivity index (χ4v) is 6.46. The van der Waals surface area contributed by atoms with Crippen LogP contribution in [0.3, 0.4) is 0 Å². The van der Waals surface area contributed by atoms with Crippen LogP contribution in [0.4, 0.5) is 0 Å². The summed E-state index contributed by atoms with van der Waals surface area (Å²) in [4.78, 5) is 0. The summed E-state index contributed by atoms with van der Waals surface area (Å²) >= 11 is 0. The molecular weight excluding hydrogens is 408 g/mol. The molecule has 3 fully saturated rings. The van der Waals surface area contributed by atoms with E-state index < -0.39 is 0 Å². The zero-order valence-corrected chi connectivity index (χ0v) is 23.6. The quantitative estimate of drug-likeness (QED) is 0.406. The Balaban J connectivity index is 0.000000247. The fourth-order valence-electron chi connectivity index (χ4n) is 6.46. The summed E-state index contributed by atoms with van der Waals surface area (Å²) in [7, 11) is 0. The summed E-state index contributed by atoms with van der Waals surface area (Å²) < 4.78 is 0. The smallest absolute Gasteiger partial charge is 0.0573 e. The first-order valence-electron chi connectivity index (χ1n) is 14.4. The van der Waals surface area contributed by atoms with Gasteiger partial charge in [0.05, 0.1) is 18.3 Å². The molecule has 0 bridgehead atoms. The molecule has 0 aromatic rings. The van der Waals surface area contributed by atoms with Crippen LogP contribution in [0.1, 0.15) is 120 Å². The summed E-state index contributed by atoms with van der Waals surface area (Å²) in [5.41, 5.74) is 0. The van der Waals surface area contributed by atoms with Crippen LogP contribution >= 0.6 is 0 Å². The minimum absolute atomic E-state index is 0.0289. The summed E-state index contributed by atoms with van der Waals surface area (Å²) in [6.07, 6.45) is 10.5. The van der Waals surface area contributed by atoms with E-state index in [1.807, 2.05) is 0 Å². The molecule has 3 aliphatic rings. The van der Waals surface area contributed by atoms with Gasteiger partial charge in [-0.1, -0.05) is 81.6 Å². The number of aliphatic hydroxyl groups excluding tert-OH is 3. The van der Waals surface area contributed by atoms with Crippen molar-refractivity contribution in [1.29, 1.82) is 0 Å². The van der Waals surface area contributed by atoms with Gasteiger partial charge in [0.2, 0.25) is 0 Å². The van der Waals surface area contributed by atoms with Crippen LogP contribution in [0.5, 0.6) is 0 Å². The molecule has 0 spiro atoms. The predicted molar refractivity (Wildman–Crippen MR) is 142 cm³/mol. The van der Waals surface area contributed by atoms with Crippen molar-refractivity contribution in [3.8, 4) is 0 Å². The summed E-state index contributed by atoms with van der Waals surface area (Å²) in [5, 5.41) is 29.1. The van der Waals surface area contributed by atoms with E-state index in [2.05, 4.69) is 62.3 Å². The van der Waals surface area contributed by atoms with Gasteiger partial charge >= 0.3 is 0 Å². The monoisotopic (exact) mass is 468 g/mol. The largest absolute Gasteiger partial charge is 0.393 e. The second-order valence-corrected chi connectivity index (χ2v) is 13.2. The molecule has 0 saturated heterocycles. The summed E-state index contributed by atoms with van der Waals surface area (Å²) in [5.74, 6) is 5.84. The molecule has 0 aromatic carbocycles. The maximum absolute atomic E-state index is 9.71.